The van der Waals surface area contributed by atoms with Crippen LogP contribution in [0.2, 0.25) is 0 Å². The quantitative estimate of drug-likeness (QED) is 0.584. The molecule has 0 radical (unpaired) electrons. The highest BCUT2D eigenvalue weighted by Gasteiger charge is 2.44. The first kappa shape index (κ1) is 19.4. The van der Waals surface area contributed by atoms with Gasteiger partial charge in [-0.05, 0) is 55.0 Å². The first-order valence-electron chi connectivity index (χ1n) is 8.91. The van der Waals surface area contributed by atoms with Gasteiger partial charge >= 0.3 is 5.97 Å². The third kappa shape index (κ3) is 4.50. The van der Waals surface area contributed by atoms with Crippen LogP contribution in [0.25, 0.3) is 0 Å². The number of nitrogens with one attached hydrogen (secondary N) is 1. The zero-order valence-electron chi connectivity index (χ0n) is 15.2. The molecule has 2 aromatic rings. The van der Waals surface area contributed by atoms with Gasteiger partial charge in [0.15, 0.2) is 6.61 Å². The number of carbonyl (C=O) groups excluding carboxylic acids is 2. The molecule has 0 atom stereocenters. The van der Waals surface area contributed by atoms with Gasteiger partial charge in [0.2, 0.25) is 0 Å². The zero-order valence-corrected chi connectivity index (χ0v) is 16.0. The summed E-state index contributed by atoms with van der Waals surface area (Å²) in [6.07, 6.45) is 4.91. The Morgan fingerprint density at radius 1 is 1.15 bits per heavy atom. The number of ether oxygens (including phenoxy) is 1. The maximum atomic E-state index is 13.7. The van der Waals surface area contributed by atoms with Gasteiger partial charge in [0, 0.05) is 10.6 Å². The van der Waals surface area contributed by atoms with Gasteiger partial charge < -0.3 is 10.1 Å². The molecule has 1 amide bonds. The largest absolute Gasteiger partial charge is 0.455 e. The molecular formula is C21H22FNO3S. The second kappa shape index (κ2) is 8.57. The third-order valence-corrected chi connectivity index (χ3v) is 5.64. The van der Waals surface area contributed by atoms with Crippen molar-refractivity contribution in [3.63, 3.8) is 0 Å². The molecule has 0 saturated heterocycles. The SMILES string of the molecule is CSc1cccc(NC(=O)COC(=O)C2(c3cccc(F)c3)CCCC2)c1. The second-order valence-corrected chi connectivity index (χ2v) is 7.54. The van der Waals surface area contributed by atoms with Crippen molar-refractivity contribution in [1.82, 2.24) is 0 Å². The van der Waals surface area contributed by atoms with Crippen LogP contribution < -0.4 is 5.32 Å². The fourth-order valence-corrected chi connectivity index (χ4v) is 4.00. The Morgan fingerprint density at radius 3 is 2.59 bits per heavy atom. The van der Waals surface area contributed by atoms with E-state index in [9.17, 15) is 14.0 Å². The summed E-state index contributed by atoms with van der Waals surface area (Å²) in [6, 6.07) is 13.5. The van der Waals surface area contributed by atoms with E-state index in [-0.39, 0.29) is 12.4 Å². The Bertz CT molecular complexity index is 834. The summed E-state index contributed by atoms with van der Waals surface area (Å²) in [5.41, 5.74) is 0.419. The average molecular weight is 387 g/mol. The van der Waals surface area contributed by atoms with Crippen molar-refractivity contribution in [3.8, 4) is 0 Å². The fourth-order valence-electron chi connectivity index (χ4n) is 3.54. The predicted molar refractivity (Wildman–Crippen MR) is 104 cm³/mol. The van der Waals surface area contributed by atoms with E-state index in [4.69, 9.17) is 4.74 Å². The molecule has 0 aliphatic heterocycles. The maximum absolute atomic E-state index is 13.7. The van der Waals surface area contributed by atoms with E-state index < -0.39 is 17.3 Å². The standard InChI is InChI=1S/C21H22FNO3S/c1-27-18-9-5-8-17(13-18)23-19(24)14-26-20(25)21(10-2-3-11-21)15-6-4-7-16(22)12-15/h4-9,12-13H,2-3,10-11,14H2,1H3,(H,23,24). The minimum Gasteiger partial charge on any atom is -0.455 e. The van der Waals surface area contributed by atoms with Crippen LogP contribution in [0.5, 0.6) is 0 Å². The molecule has 0 aromatic heterocycles. The molecule has 0 bridgehead atoms. The summed E-state index contributed by atoms with van der Waals surface area (Å²) < 4.78 is 19.0. The summed E-state index contributed by atoms with van der Waals surface area (Å²) in [6.45, 7) is -0.362. The van der Waals surface area contributed by atoms with Gasteiger partial charge in [0.05, 0.1) is 5.41 Å². The van der Waals surface area contributed by atoms with Crippen LogP contribution in [0.4, 0.5) is 10.1 Å². The molecule has 0 spiro atoms. The van der Waals surface area contributed by atoms with E-state index in [0.717, 1.165) is 17.7 Å². The highest BCUT2D eigenvalue weighted by molar-refractivity contribution is 7.98. The van der Waals surface area contributed by atoms with Crippen molar-refractivity contribution in [2.45, 2.75) is 36.0 Å². The normalized spacial score (nSPS) is 15.3. The Morgan fingerprint density at radius 2 is 1.89 bits per heavy atom. The van der Waals surface area contributed by atoms with Crippen molar-refractivity contribution in [2.75, 3.05) is 18.2 Å². The number of carbonyl (C=O) groups is 2. The van der Waals surface area contributed by atoms with Crippen molar-refractivity contribution in [3.05, 3.63) is 59.9 Å². The lowest BCUT2D eigenvalue weighted by molar-refractivity contribution is -0.153. The van der Waals surface area contributed by atoms with Crippen molar-refractivity contribution < 1.29 is 18.7 Å². The van der Waals surface area contributed by atoms with Crippen LogP contribution in [-0.4, -0.2) is 24.7 Å². The summed E-state index contributed by atoms with van der Waals surface area (Å²) >= 11 is 1.58. The zero-order chi connectivity index (χ0) is 19.3. The maximum Gasteiger partial charge on any atom is 0.317 e. The molecule has 1 aliphatic rings. The van der Waals surface area contributed by atoms with E-state index in [1.54, 1.807) is 30.0 Å². The monoisotopic (exact) mass is 387 g/mol. The minimum absolute atomic E-state index is 0.362. The lowest BCUT2D eigenvalue weighted by atomic mass is 9.79. The number of anilines is 1. The molecule has 1 fully saturated rings. The number of hydrogen-bond donors (Lipinski definition) is 1. The smallest absolute Gasteiger partial charge is 0.317 e. The molecule has 0 unspecified atom stereocenters. The molecule has 27 heavy (non-hydrogen) atoms. The number of benzene rings is 2. The van der Waals surface area contributed by atoms with Gasteiger partial charge in [-0.2, -0.15) is 0 Å². The van der Waals surface area contributed by atoms with E-state index in [1.807, 2.05) is 24.5 Å². The number of amides is 1. The van der Waals surface area contributed by atoms with E-state index >= 15 is 0 Å². The highest BCUT2D eigenvalue weighted by atomic mass is 32.2. The van der Waals surface area contributed by atoms with Crippen LogP contribution in [0.1, 0.15) is 31.2 Å². The van der Waals surface area contributed by atoms with Crippen LogP contribution in [-0.2, 0) is 19.7 Å². The van der Waals surface area contributed by atoms with Gasteiger partial charge in [0.25, 0.3) is 5.91 Å². The van der Waals surface area contributed by atoms with Gasteiger partial charge in [-0.15, -0.1) is 11.8 Å². The Hall–Kier alpha value is -2.34. The Labute approximate surface area is 162 Å². The molecule has 4 nitrogen and oxygen atoms in total. The predicted octanol–water partition coefficient (Wildman–Crippen LogP) is 4.54. The molecule has 6 heteroatoms. The van der Waals surface area contributed by atoms with E-state index in [2.05, 4.69) is 5.32 Å². The first-order valence-corrected chi connectivity index (χ1v) is 10.1. The number of rotatable bonds is 6. The molecular weight excluding hydrogens is 365 g/mol. The topological polar surface area (TPSA) is 55.4 Å². The van der Waals surface area contributed by atoms with Crippen molar-refractivity contribution >= 4 is 29.3 Å². The Balaban J connectivity index is 1.65. The second-order valence-electron chi connectivity index (χ2n) is 6.66. The van der Waals surface area contributed by atoms with E-state index in [1.165, 1.54) is 12.1 Å². The number of esters is 1. The van der Waals surface area contributed by atoms with Gasteiger partial charge in [-0.3, -0.25) is 9.59 Å². The Kier molecular flexibility index (Phi) is 6.16. The van der Waals surface area contributed by atoms with Crippen molar-refractivity contribution in [1.29, 1.82) is 0 Å². The van der Waals surface area contributed by atoms with Crippen LogP contribution >= 0.6 is 11.8 Å². The van der Waals surface area contributed by atoms with Gasteiger partial charge in [-0.25, -0.2) is 4.39 Å². The molecule has 3 rings (SSSR count). The van der Waals surface area contributed by atoms with Gasteiger partial charge in [0.1, 0.15) is 5.82 Å². The summed E-state index contributed by atoms with van der Waals surface area (Å²) in [5, 5.41) is 2.73. The summed E-state index contributed by atoms with van der Waals surface area (Å²) in [7, 11) is 0. The summed E-state index contributed by atoms with van der Waals surface area (Å²) in [5.74, 6) is -1.23. The lowest BCUT2D eigenvalue weighted by Gasteiger charge is -2.27. The lowest BCUT2D eigenvalue weighted by Crippen LogP contribution is -2.36. The molecule has 1 aliphatic carbocycles. The van der Waals surface area contributed by atoms with Crippen LogP contribution in [0, 0.1) is 5.82 Å². The molecule has 1 N–H and O–H groups in total. The third-order valence-electron chi connectivity index (χ3n) is 4.91. The minimum atomic E-state index is -0.860. The average Bonchev–Trinajstić information content (AvgIpc) is 3.17. The van der Waals surface area contributed by atoms with Gasteiger partial charge in [-0.1, -0.05) is 31.0 Å². The molecule has 0 heterocycles. The number of halogens is 1. The molecule has 1 saturated carbocycles. The summed E-state index contributed by atoms with van der Waals surface area (Å²) in [4.78, 5) is 26.0. The number of thioether (sulfide) groups is 1. The van der Waals surface area contributed by atoms with Crippen LogP contribution in [0.3, 0.4) is 0 Å². The molecule has 2 aromatic carbocycles. The van der Waals surface area contributed by atoms with E-state index in [0.29, 0.717) is 24.1 Å². The first-order chi connectivity index (χ1) is 13.0. The highest BCUT2D eigenvalue weighted by Crippen LogP contribution is 2.42. The number of hydrogen-bond acceptors (Lipinski definition) is 4. The molecule has 142 valence electrons. The van der Waals surface area contributed by atoms with Crippen LogP contribution in [0.15, 0.2) is 53.4 Å². The van der Waals surface area contributed by atoms with Crippen molar-refractivity contribution in [2.24, 2.45) is 0 Å². The fraction of sp³-hybridized carbons (Fsp3) is 0.333.